The van der Waals surface area contributed by atoms with Crippen LogP contribution in [0.5, 0.6) is 5.75 Å². The Balaban J connectivity index is 1.70. The van der Waals surface area contributed by atoms with E-state index in [0.717, 1.165) is 36.5 Å². The molecule has 0 bridgehead atoms. The second-order valence-electron chi connectivity index (χ2n) is 6.70. The largest absolute Gasteiger partial charge is 0.490 e. The molecule has 0 aliphatic carbocycles. The minimum Gasteiger partial charge on any atom is -0.490 e. The SMILES string of the molecule is C=CCN(C)CC=CCOc1ccc(CC(C)=NOCc2ccccc2)cc1. The standard InChI is InChI=1S/C24H30N2O2/c1-4-16-26(3)17-8-9-18-27-24-14-12-22(13-15-24)19-21(2)25-28-20-23-10-6-5-7-11-23/h4-15H,1,16-20H2,2-3H3. The lowest BCUT2D eigenvalue weighted by Crippen LogP contribution is -2.17. The lowest BCUT2D eigenvalue weighted by Gasteiger charge is -2.10. The minimum atomic E-state index is 0.488. The summed E-state index contributed by atoms with van der Waals surface area (Å²) >= 11 is 0. The van der Waals surface area contributed by atoms with Crippen LogP contribution >= 0.6 is 0 Å². The maximum atomic E-state index is 5.74. The second-order valence-corrected chi connectivity index (χ2v) is 6.70. The van der Waals surface area contributed by atoms with Gasteiger partial charge in [-0.25, -0.2) is 0 Å². The van der Waals surface area contributed by atoms with Crippen LogP contribution in [0, 0.1) is 0 Å². The van der Waals surface area contributed by atoms with Crippen molar-refractivity contribution in [3.8, 4) is 5.75 Å². The van der Waals surface area contributed by atoms with E-state index in [1.165, 1.54) is 5.56 Å². The number of ether oxygens (including phenoxy) is 1. The zero-order valence-corrected chi connectivity index (χ0v) is 16.9. The van der Waals surface area contributed by atoms with Gasteiger partial charge in [0.2, 0.25) is 0 Å². The van der Waals surface area contributed by atoms with Gasteiger partial charge in [-0.3, -0.25) is 4.90 Å². The van der Waals surface area contributed by atoms with Gasteiger partial charge >= 0.3 is 0 Å². The second kappa shape index (κ2) is 12.5. The van der Waals surface area contributed by atoms with Gasteiger partial charge in [0.25, 0.3) is 0 Å². The zero-order chi connectivity index (χ0) is 20.0. The van der Waals surface area contributed by atoms with Crippen molar-refractivity contribution in [3.05, 3.63) is 90.5 Å². The fraction of sp³-hybridized carbons (Fsp3) is 0.292. The summed E-state index contributed by atoms with van der Waals surface area (Å²) in [6.45, 7) is 8.53. The lowest BCUT2D eigenvalue weighted by molar-refractivity contribution is 0.130. The Bertz CT molecular complexity index is 752. The van der Waals surface area contributed by atoms with Crippen molar-refractivity contribution in [1.29, 1.82) is 0 Å². The fourth-order valence-corrected chi connectivity index (χ4v) is 2.58. The first kappa shape index (κ1) is 21.5. The van der Waals surface area contributed by atoms with Crippen LogP contribution in [-0.4, -0.2) is 37.4 Å². The Kier molecular flexibility index (Phi) is 9.59. The fourth-order valence-electron chi connectivity index (χ4n) is 2.58. The van der Waals surface area contributed by atoms with Gasteiger partial charge in [-0.05, 0) is 37.2 Å². The molecule has 0 aromatic heterocycles. The van der Waals surface area contributed by atoms with Gasteiger partial charge in [0, 0.05) is 19.5 Å². The van der Waals surface area contributed by atoms with Crippen molar-refractivity contribution >= 4 is 5.71 Å². The molecule has 28 heavy (non-hydrogen) atoms. The number of rotatable bonds is 12. The number of nitrogens with zero attached hydrogens (tertiary/aromatic N) is 2. The topological polar surface area (TPSA) is 34.1 Å². The summed E-state index contributed by atoms with van der Waals surface area (Å²) in [5, 5.41) is 4.20. The lowest BCUT2D eigenvalue weighted by atomic mass is 10.1. The summed E-state index contributed by atoms with van der Waals surface area (Å²) in [7, 11) is 2.06. The molecule has 4 nitrogen and oxygen atoms in total. The molecule has 0 saturated carbocycles. The Hall–Kier alpha value is -2.85. The molecule has 0 radical (unpaired) electrons. The van der Waals surface area contributed by atoms with Crippen LogP contribution in [0.2, 0.25) is 0 Å². The van der Waals surface area contributed by atoms with E-state index in [1.54, 1.807) is 0 Å². The first-order chi connectivity index (χ1) is 13.7. The molecule has 0 aliphatic heterocycles. The Morgan fingerprint density at radius 3 is 2.46 bits per heavy atom. The highest BCUT2D eigenvalue weighted by Gasteiger charge is 1.99. The number of benzene rings is 2. The van der Waals surface area contributed by atoms with Gasteiger partial charge < -0.3 is 9.57 Å². The molecular weight excluding hydrogens is 348 g/mol. The Labute approximate surface area is 168 Å². The molecule has 0 atom stereocenters. The summed E-state index contributed by atoms with van der Waals surface area (Å²) < 4.78 is 5.74. The van der Waals surface area contributed by atoms with E-state index in [1.807, 2.05) is 61.5 Å². The maximum Gasteiger partial charge on any atom is 0.142 e. The van der Waals surface area contributed by atoms with Crippen LogP contribution in [0.1, 0.15) is 18.1 Å². The molecule has 0 saturated heterocycles. The monoisotopic (exact) mass is 378 g/mol. The van der Waals surface area contributed by atoms with Crippen LogP contribution in [0.25, 0.3) is 0 Å². The number of oxime groups is 1. The van der Waals surface area contributed by atoms with Crippen molar-refractivity contribution in [3.63, 3.8) is 0 Å². The predicted molar refractivity (Wildman–Crippen MR) is 117 cm³/mol. The quantitative estimate of drug-likeness (QED) is 0.300. The van der Waals surface area contributed by atoms with E-state index in [0.29, 0.717) is 13.2 Å². The van der Waals surface area contributed by atoms with Crippen LogP contribution in [0.4, 0.5) is 0 Å². The van der Waals surface area contributed by atoms with E-state index >= 15 is 0 Å². The van der Waals surface area contributed by atoms with E-state index in [9.17, 15) is 0 Å². The average molecular weight is 379 g/mol. The molecule has 148 valence electrons. The van der Waals surface area contributed by atoms with Crippen molar-refractivity contribution < 1.29 is 9.57 Å². The first-order valence-corrected chi connectivity index (χ1v) is 9.53. The molecule has 0 heterocycles. The normalized spacial score (nSPS) is 11.8. The van der Waals surface area contributed by atoms with Gasteiger partial charge in [0.15, 0.2) is 0 Å². The maximum absolute atomic E-state index is 5.74. The van der Waals surface area contributed by atoms with E-state index in [-0.39, 0.29) is 0 Å². The van der Waals surface area contributed by atoms with Gasteiger partial charge in [0.05, 0.1) is 5.71 Å². The smallest absolute Gasteiger partial charge is 0.142 e. The number of likely N-dealkylation sites (N-methyl/N-ethyl adjacent to an activating group) is 1. The van der Waals surface area contributed by atoms with Gasteiger partial charge in [-0.15, -0.1) is 6.58 Å². The van der Waals surface area contributed by atoms with Crippen LogP contribution < -0.4 is 4.74 Å². The molecular formula is C24H30N2O2. The summed E-state index contributed by atoms with van der Waals surface area (Å²) in [6.07, 6.45) is 6.79. The summed E-state index contributed by atoms with van der Waals surface area (Å²) in [6, 6.07) is 18.1. The average Bonchev–Trinajstić information content (AvgIpc) is 2.70. The van der Waals surface area contributed by atoms with Crippen LogP contribution in [-0.2, 0) is 17.9 Å². The van der Waals surface area contributed by atoms with E-state index < -0.39 is 0 Å². The Morgan fingerprint density at radius 1 is 1.00 bits per heavy atom. The third-order valence-corrected chi connectivity index (χ3v) is 4.05. The number of hydrogen-bond donors (Lipinski definition) is 0. The molecule has 0 spiro atoms. The van der Waals surface area contributed by atoms with Gasteiger partial charge in [0.1, 0.15) is 19.0 Å². The Morgan fingerprint density at radius 2 is 1.75 bits per heavy atom. The zero-order valence-electron chi connectivity index (χ0n) is 16.9. The molecule has 0 unspecified atom stereocenters. The highest BCUT2D eigenvalue weighted by atomic mass is 16.6. The summed E-state index contributed by atoms with van der Waals surface area (Å²) in [5.41, 5.74) is 3.23. The van der Waals surface area contributed by atoms with Crippen LogP contribution in [0.3, 0.4) is 0 Å². The predicted octanol–water partition coefficient (Wildman–Crippen LogP) is 4.87. The third kappa shape index (κ3) is 8.69. The first-order valence-electron chi connectivity index (χ1n) is 9.53. The molecule has 2 aromatic carbocycles. The third-order valence-electron chi connectivity index (χ3n) is 4.05. The molecule has 0 aliphatic rings. The van der Waals surface area contributed by atoms with Gasteiger partial charge in [-0.1, -0.05) is 65.8 Å². The minimum absolute atomic E-state index is 0.488. The molecule has 2 rings (SSSR count). The van der Waals surface area contributed by atoms with E-state index in [2.05, 4.69) is 41.9 Å². The van der Waals surface area contributed by atoms with Crippen molar-refractivity contribution in [2.75, 3.05) is 26.7 Å². The molecule has 0 amide bonds. The summed E-state index contributed by atoms with van der Waals surface area (Å²) in [5.74, 6) is 0.864. The highest BCUT2D eigenvalue weighted by molar-refractivity contribution is 5.83. The van der Waals surface area contributed by atoms with Crippen LogP contribution in [0.15, 0.2) is 84.6 Å². The molecule has 0 N–H and O–H groups in total. The molecule has 4 heteroatoms. The molecule has 0 fully saturated rings. The van der Waals surface area contributed by atoms with Crippen molar-refractivity contribution in [1.82, 2.24) is 4.90 Å². The van der Waals surface area contributed by atoms with Crippen molar-refractivity contribution in [2.45, 2.75) is 20.0 Å². The van der Waals surface area contributed by atoms with E-state index in [4.69, 9.17) is 9.57 Å². The number of hydrogen-bond acceptors (Lipinski definition) is 4. The van der Waals surface area contributed by atoms with Gasteiger partial charge in [-0.2, -0.15) is 0 Å². The molecule has 2 aromatic rings. The highest BCUT2D eigenvalue weighted by Crippen LogP contribution is 2.13. The van der Waals surface area contributed by atoms with Crippen molar-refractivity contribution in [2.24, 2.45) is 5.16 Å². The summed E-state index contributed by atoms with van der Waals surface area (Å²) in [4.78, 5) is 7.60.